The van der Waals surface area contributed by atoms with Crippen LogP contribution in [0.1, 0.15) is 43.4 Å². The SMILES string of the molecule is CCCN(C1CC1)C(CN)c1cnccc1C. The van der Waals surface area contributed by atoms with E-state index in [2.05, 4.69) is 29.8 Å². The predicted molar refractivity (Wildman–Crippen MR) is 70.8 cm³/mol. The molecule has 1 saturated carbocycles. The number of aromatic nitrogens is 1. The molecule has 1 atom stereocenters. The molecule has 0 bridgehead atoms. The maximum absolute atomic E-state index is 6.00. The molecule has 1 fully saturated rings. The maximum Gasteiger partial charge on any atom is 0.0491 e. The monoisotopic (exact) mass is 233 g/mol. The second-order valence-electron chi connectivity index (χ2n) is 4.95. The Hall–Kier alpha value is -0.930. The maximum atomic E-state index is 6.00. The van der Waals surface area contributed by atoms with Crippen LogP contribution in [0.15, 0.2) is 18.5 Å². The molecule has 0 aromatic carbocycles. The van der Waals surface area contributed by atoms with Gasteiger partial charge in [0.15, 0.2) is 0 Å². The van der Waals surface area contributed by atoms with E-state index in [0.29, 0.717) is 12.6 Å². The number of nitrogens with two attached hydrogens (primary N) is 1. The van der Waals surface area contributed by atoms with Crippen LogP contribution in [0.25, 0.3) is 0 Å². The zero-order valence-electron chi connectivity index (χ0n) is 10.9. The molecule has 1 unspecified atom stereocenters. The fraction of sp³-hybridized carbons (Fsp3) is 0.643. The average molecular weight is 233 g/mol. The van der Waals surface area contributed by atoms with Gasteiger partial charge in [-0.05, 0) is 49.9 Å². The second-order valence-corrected chi connectivity index (χ2v) is 4.95. The van der Waals surface area contributed by atoms with E-state index in [9.17, 15) is 0 Å². The molecular weight excluding hydrogens is 210 g/mol. The molecule has 17 heavy (non-hydrogen) atoms. The highest BCUT2D eigenvalue weighted by Crippen LogP contribution is 2.34. The molecule has 1 aliphatic rings. The van der Waals surface area contributed by atoms with Crippen molar-refractivity contribution in [3.8, 4) is 0 Å². The third-order valence-electron chi connectivity index (χ3n) is 3.56. The summed E-state index contributed by atoms with van der Waals surface area (Å²) in [6, 6.07) is 3.17. The number of nitrogens with zero attached hydrogens (tertiary/aromatic N) is 2. The van der Waals surface area contributed by atoms with Crippen molar-refractivity contribution in [2.24, 2.45) is 5.73 Å². The molecule has 1 aliphatic carbocycles. The minimum Gasteiger partial charge on any atom is -0.329 e. The molecule has 1 aromatic heterocycles. The lowest BCUT2D eigenvalue weighted by molar-refractivity contribution is 0.190. The molecule has 2 N–H and O–H groups in total. The minimum absolute atomic E-state index is 0.344. The summed E-state index contributed by atoms with van der Waals surface area (Å²) < 4.78 is 0. The van der Waals surface area contributed by atoms with Crippen LogP contribution >= 0.6 is 0 Å². The molecule has 3 heteroatoms. The molecule has 0 saturated heterocycles. The summed E-state index contributed by atoms with van der Waals surface area (Å²) in [6.07, 6.45) is 7.68. The summed E-state index contributed by atoms with van der Waals surface area (Å²) in [4.78, 5) is 6.83. The Morgan fingerprint density at radius 1 is 1.53 bits per heavy atom. The van der Waals surface area contributed by atoms with E-state index in [1.165, 1.54) is 30.4 Å². The Kier molecular flexibility index (Phi) is 4.13. The normalized spacial score (nSPS) is 17.4. The van der Waals surface area contributed by atoms with Gasteiger partial charge in [-0.3, -0.25) is 9.88 Å². The highest BCUT2D eigenvalue weighted by atomic mass is 15.2. The highest BCUT2D eigenvalue weighted by Gasteiger charge is 2.33. The van der Waals surface area contributed by atoms with E-state index >= 15 is 0 Å². The zero-order chi connectivity index (χ0) is 12.3. The Labute approximate surface area is 104 Å². The van der Waals surface area contributed by atoms with Crippen LogP contribution in [0, 0.1) is 6.92 Å². The van der Waals surface area contributed by atoms with Gasteiger partial charge in [0.05, 0.1) is 0 Å². The van der Waals surface area contributed by atoms with E-state index in [-0.39, 0.29) is 0 Å². The first-order valence-corrected chi connectivity index (χ1v) is 6.64. The van der Waals surface area contributed by atoms with Crippen LogP contribution < -0.4 is 5.73 Å². The fourth-order valence-electron chi connectivity index (χ4n) is 2.52. The molecule has 0 amide bonds. The van der Waals surface area contributed by atoms with Gasteiger partial charge in [0, 0.05) is 31.0 Å². The number of aryl methyl sites for hydroxylation is 1. The summed E-state index contributed by atoms with van der Waals surface area (Å²) in [5, 5.41) is 0. The first kappa shape index (κ1) is 12.5. The van der Waals surface area contributed by atoms with Crippen molar-refractivity contribution in [1.29, 1.82) is 0 Å². The highest BCUT2D eigenvalue weighted by molar-refractivity contribution is 5.26. The zero-order valence-corrected chi connectivity index (χ0v) is 10.9. The number of rotatable bonds is 6. The van der Waals surface area contributed by atoms with Crippen LogP contribution in [0.3, 0.4) is 0 Å². The van der Waals surface area contributed by atoms with E-state index in [0.717, 1.165) is 12.6 Å². The van der Waals surface area contributed by atoms with Crippen LogP contribution in [-0.2, 0) is 0 Å². The van der Waals surface area contributed by atoms with Crippen molar-refractivity contribution in [3.63, 3.8) is 0 Å². The first-order chi connectivity index (χ1) is 8.27. The molecular formula is C14H23N3. The lowest BCUT2D eigenvalue weighted by Crippen LogP contribution is -2.36. The smallest absolute Gasteiger partial charge is 0.0491 e. The largest absolute Gasteiger partial charge is 0.329 e. The van der Waals surface area contributed by atoms with Crippen molar-refractivity contribution in [2.75, 3.05) is 13.1 Å². The third-order valence-corrected chi connectivity index (χ3v) is 3.56. The van der Waals surface area contributed by atoms with Gasteiger partial charge in [0.1, 0.15) is 0 Å². The van der Waals surface area contributed by atoms with E-state index in [1.54, 1.807) is 0 Å². The Morgan fingerprint density at radius 2 is 2.29 bits per heavy atom. The molecule has 1 aromatic rings. The van der Waals surface area contributed by atoms with Crippen molar-refractivity contribution in [1.82, 2.24) is 9.88 Å². The van der Waals surface area contributed by atoms with Crippen molar-refractivity contribution in [3.05, 3.63) is 29.6 Å². The summed E-state index contributed by atoms with van der Waals surface area (Å²) in [7, 11) is 0. The standard InChI is InChI=1S/C14H23N3/c1-3-8-17(12-4-5-12)14(9-15)13-10-16-7-6-11(13)2/h6-7,10,12,14H,3-5,8-9,15H2,1-2H3. The van der Waals surface area contributed by atoms with Crippen molar-refractivity contribution < 1.29 is 0 Å². The Balaban J connectivity index is 2.21. The minimum atomic E-state index is 0.344. The van der Waals surface area contributed by atoms with Crippen LogP contribution in [0.5, 0.6) is 0 Å². The number of hydrogen-bond acceptors (Lipinski definition) is 3. The summed E-state index contributed by atoms with van der Waals surface area (Å²) in [6.45, 7) is 6.21. The Bertz CT molecular complexity index is 360. The van der Waals surface area contributed by atoms with Crippen LogP contribution in [0.4, 0.5) is 0 Å². The quantitative estimate of drug-likeness (QED) is 0.819. The molecule has 0 aliphatic heterocycles. The van der Waals surface area contributed by atoms with Crippen LogP contribution in [0.2, 0.25) is 0 Å². The lowest BCUT2D eigenvalue weighted by Gasteiger charge is -2.31. The van der Waals surface area contributed by atoms with E-state index < -0.39 is 0 Å². The van der Waals surface area contributed by atoms with Gasteiger partial charge in [0.25, 0.3) is 0 Å². The van der Waals surface area contributed by atoms with Gasteiger partial charge in [-0.1, -0.05) is 6.92 Å². The molecule has 3 nitrogen and oxygen atoms in total. The van der Waals surface area contributed by atoms with E-state index in [1.807, 2.05) is 12.4 Å². The van der Waals surface area contributed by atoms with Gasteiger partial charge in [-0.2, -0.15) is 0 Å². The van der Waals surface area contributed by atoms with Gasteiger partial charge >= 0.3 is 0 Å². The summed E-state index contributed by atoms with van der Waals surface area (Å²) in [5.41, 5.74) is 8.61. The van der Waals surface area contributed by atoms with Gasteiger partial charge < -0.3 is 5.73 Å². The van der Waals surface area contributed by atoms with Gasteiger partial charge in [-0.15, -0.1) is 0 Å². The summed E-state index contributed by atoms with van der Waals surface area (Å²) >= 11 is 0. The third kappa shape index (κ3) is 2.85. The molecule has 0 radical (unpaired) electrons. The van der Waals surface area contributed by atoms with Crippen LogP contribution in [-0.4, -0.2) is 29.0 Å². The van der Waals surface area contributed by atoms with Crippen molar-refractivity contribution >= 4 is 0 Å². The molecule has 94 valence electrons. The number of pyridine rings is 1. The Morgan fingerprint density at radius 3 is 2.82 bits per heavy atom. The molecule has 2 rings (SSSR count). The average Bonchev–Trinajstić information content (AvgIpc) is 3.15. The predicted octanol–water partition coefficient (Wildman–Crippen LogP) is 2.26. The molecule has 0 spiro atoms. The summed E-state index contributed by atoms with van der Waals surface area (Å²) in [5.74, 6) is 0. The van der Waals surface area contributed by atoms with E-state index in [4.69, 9.17) is 5.73 Å². The van der Waals surface area contributed by atoms with Gasteiger partial charge in [0.2, 0.25) is 0 Å². The van der Waals surface area contributed by atoms with Gasteiger partial charge in [-0.25, -0.2) is 0 Å². The first-order valence-electron chi connectivity index (χ1n) is 6.64. The topological polar surface area (TPSA) is 42.1 Å². The lowest BCUT2D eigenvalue weighted by atomic mass is 10.0. The second kappa shape index (κ2) is 5.61. The van der Waals surface area contributed by atoms with Crippen molar-refractivity contribution in [2.45, 2.75) is 45.2 Å². The fourth-order valence-corrected chi connectivity index (χ4v) is 2.52. The molecule has 1 heterocycles. The number of hydrogen-bond donors (Lipinski definition) is 1.